The summed E-state index contributed by atoms with van der Waals surface area (Å²) in [7, 11) is 0. The summed E-state index contributed by atoms with van der Waals surface area (Å²) < 4.78 is 5.21. The van der Waals surface area contributed by atoms with E-state index in [1.165, 1.54) is 12.8 Å². The van der Waals surface area contributed by atoms with Gasteiger partial charge in [0.25, 0.3) is 0 Å². The molecular weight excluding hydrogens is 214 g/mol. The Morgan fingerprint density at radius 1 is 1.29 bits per heavy atom. The molecule has 0 bridgehead atoms. The molecule has 3 heteroatoms. The molecule has 0 aliphatic heterocycles. The Morgan fingerprint density at radius 2 is 1.94 bits per heavy atom. The Labute approximate surface area is 102 Å². The smallest absolute Gasteiger partial charge is 0.407 e. The molecule has 0 unspecified atom stereocenters. The van der Waals surface area contributed by atoms with Crippen LogP contribution in [0, 0.1) is 0 Å². The highest BCUT2D eigenvalue weighted by Gasteiger charge is 2.30. The Morgan fingerprint density at radius 3 is 2.59 bits per heavy atom. The van der Waals surface area contributed by atoms with E-state index in [1.54, 1.807) is 0 Å². The van der Waals surface area contributed by atoms with Crippen LogP contribution in [0.15, 0.2) is 30.3 Å². The number of benzene rings is 1. The first-order valence-corrected chi connectivity index (χ1v) is 6.17. The summed E-state index contributed by atoms with van der Waals surface area (Å²) in [5.74, 6) is 0. The van der Waals surface area contributed by atoms with Crippen LogP contribution in [0.4, 0.5) is 4.79 Å². The number of ether oxygens (including phenoxy) is 1. The van der Waals surface area contributed by atoms with Crippen LogP contribution < -0.4 is 5.32 Å². The molecule has 3 nitrogen and oxygen atoms in total. The molecule has 1 N–H and O–H groups in total. The Balaban J connectivity index is 1.78. The average molecular weight is 233 g/mol. The lowest BCUT2D eigenvalue weighted by atomic mass is 10.0. The molecule has 0 saturated heterocycles. The molecule has 0 heterocycles. The molecule has 1 aromatic rings. The lowest BCUT2D eigenvalue weighted by Gasteiger charge is -2.24. The maximum absolute atomic E-state index is 11.6. The standard InChI is InChI=1S/C14H19NO2/c1-14(9-5-6-10-14)15-13(16)17-11-12-7-3-2-4-8-12/h2-4,7-8H,5-6,9-11H2,1H3,(H,15,16). The Kier molecular flexibility index (Phi) is 3.67. The van der Waals surface area contributed by atoms with Crippen molar-refractivity contribution in [2.75, 3.05) is 0 Å². The number of alkyl carbamates (subject to hydrolysis) is 1. The van der Waals surface area contributed by atoms with E-state index in [0.717, 1.165) is 18.4 Å². The highest BCUT2D eigenvalue weighted by Crippen LogP contribution is 2.28. The Bertz CT molecular complexity index is 369. The van der Waals surface area contributed by atoms with Crippen LogP contribution in [-0.4, -0.2) is 11.6 Å². The molecule has 1 amide bonds. The lowest BCUT2D eigenvalue weighted by Crippen LogP contribution is -2.43. The minimum absolute atomic E-state index is 0.0617. The van der Waals surface area contributed by atoms with Gasteiger partial charge >= 0.3 is 6.09 Å². The minimum atomic E-state index is -0.307. The summed E-state index contributed by atoms with van der Waals surface area (Å²) in [5, 5.41) is 2.96. The molecule has 17 heavy (non-hydrogen) atoms. The number of nitrogens with one attached hydrogen (secondary N) is 1. The molecule has 0 aromatic heterocycles. The first-order chi connectivity index (χ1) is 8.18. The van der Waals surface area contributed by atoms with Crippen LogP contribution in [0.25, 0.3) is 0 Å². The second-order valence-electron chi connectivity index (χ2n) is 4.95. The van der Waals surface area contributed by atoms with Gasteiger partial charge in [-0.1, -0.05) is 43.2 Å². The first-order valence-electron chi connectivity index (χ1n) is 6.17. The predicted molar refractivity (Wildman–Crippen MR) is 66.6 cm³/mol. The largest absolute Gasteiger partial charge is 0.445 e. The molecule has 0 radical (unpaired) electrons. The second-order valence-corrected chi connectivity index (χ2v) is 4.95. The van der Waals surface area contributed by atoms with Crippen LogP contribution in [0.3, 0.4) is 0 Å². The van der Waals surface area contributed by atoms with Crippen molar-refractivity contribution in [2.24, 2.45) is 0 Å². The summed E-state index contributed by atoms with van der Waals surface area (Å²) in [6.07, 6.45) is 4.17. The van der Waals surface area contributed by atoms with Crippen molar-refractivity contribution < 1.29 is 9.53 Å². The summed E-state index contributed by atoms with van der Waals surface area (Å²) in [6, 6.07) is 9.72. The zero-order valence-corrected chi connectivity index (χ0v) is 10.2. The van der Waals surface area contributed by atoms with Gasteiger partial charge in [-0.05, 0) is 25.3 Å². The van der Waals surface area contributed by atoms with Gasteiger partial charge in [0.2, 0.25) is 0 Å². The normalized spacial score (nSPS) is 17.7. The maximum atomic E-state index is 11.6. The van der Waals surface area contributed by atoms with Gasteiger partial charge in [-0.15, -0.1) is 0 Å². The van der Waals surface area contributed by atoms with Crippen LogP contribution in [-0.2, 0) is 11.3 Å². The molecular formula is C14H19NO2. The zero-order chi connectivity index (χ0) is 12.1. The monoisotopic (exact) mass is 233 g/mol. The first kappa shape index (κ1) is 12.0. The van der Waals surface area contributed by atoms with E-state index in [9.17, 15) is 4.79 Å². The van der Waals surface area contributed by atoms with Crippen molar-refractivity contribution in [1.82, 2.24) is 5.32 Å². The van der Waals surface area contributed by atoms with Gasteiger partial charge in [-0.25, -0.2) is 4.79 Å². The number of carbonyl (C=O) groups is 1. The van der Waals surface area contributed by atoms with E-state index < -0.39 is 0 Å². The van der Waals surface area contributed by atoms with Crippen LogP contribution in [0.5, 0.6) is 0 Å². The van der Waals surface area contributed by atoms with Gasteiger partial charge in [0.05, 0.1) is 0 Å². The van der Waals surface area contributed by atoms with Crippen molar-refractivity contribution in [3.05, 3.63) is 35.9 Å². The highest BCUT2D eigenvalue weighted by atomic mass is 16.5. The highest BCUT2D eigenvalue weighted by molar-refractivity contribution is 5.68. The average Bonchev–Trinajstić information content (AvgIpc) is 2.74. The molecule has 1 aliphatic rings. The molecule has 1 fully saturated rings. The van der Waals surface area contributed by atoms with Crippen molar-refractivity contribution in [3.8, 4) is 0 Å². The molecule has 92 valence electrons. The zero-order valence-electron chi connectivity index (χ0n) is 10.2. The van der Waals surface area contributed by atoms with Crippen molar-refractivity contribution in [3.63, 3.8) is 0 Å². The van der Waals surface area contributed by atoms with E-state index in [4.69, 9.17) is 4.74 Å². The topological polar surface area (TPSA) is 38.3 Å². The third kappa shape index (κ3) is 3.48. The molecule has 1 aliphatic carbocycles. The summed E-state index contributed by atoms with van der Waals surface area (Å²) in [4.78, 5) is 11.6. The third-order valence-electron chi connectivity index (χ3n) is 3.32. The molecule has 1 saturated carbocycles. The van der Waals surface area contributed by atoms with Crippen molar-refractivity contribution in [2.45, 2.75) is 44.8 Å². The van der Waals surface area contributed by atoms with Gasteiger partial charge in [-0.3, -0.25) is 0 Å². The third-order valence-corrected chi connectivity index (χ3v) is 3.32. The van der Waals surface area contributed by atoms with Gasteiger partial charge < -0.3 is 10.1 Å². The SMILES string of the molecule is CC1(NC(=O)OCc2ccccc2)CCCC1. The lowest BCUT2D eigenvalue weighted by molar-refractivity contribution is 0.128. The van der Waals surface area contributed by atoms with Gasteiger partial charge in [0, 0.05) is 5.54 Å². The van der Waals surface area contributed by atoms with Crippen molar-refractivity contribution in [1.29, 1.82) is 0 Å². The maximum Gasteiger partial charge on any atom is 0.407 e. The molecule has 0 spiro atoms. The molecule has 1 aromatic carbocycles. The van der Waals surface area contributed by atoms with E-state index >= 15 is 0 Å². The quantitative estimate of drug-likeness (QED) is 0.870. The molecule has 0 atom stereocenters. The van der Waals surface area contributed by atoms with E-state index in [0.29, 0.717) is 6.61 Å². The van der Waals surface area contributed by atoms with Gasteiger partial charge in [-0.2, -0.15) is 0 Å². The number of amides is 1. The number of hydrogen-bond acceptors (Lipinski definition) is 2. The molecule has 2 rings (SSSR count). The predicted octanol–water partition coefficient (Wildman–Crippen LogP) is 3.25. The van der Waals surface area contributed by atoms with Gasteiger partial charge in [0.1, 0.15) is 6.61 Å². The second kappa shape index (κ2) is 5.21. The van der Waals surface area contributed by atoms with Crippen LogP contribution in [0.1, 0.15) is 38.2 Å². The van der Waals surface area contributed by atoms with Crippen molar-refractivity contribution >= 4 is 6.09 Å². The summed E-state index contributed by atoms with van der Waals surface area (Å²) in [6.45, 7) is 2.42. The van der Waals surface area contributed by atoms with Gasteiger partial charge in [0.15, 0.2) is 0 Å². The number of rotatable bonds is 3. The van der Waals surface area contributed by atoms with Crippen LogP contribution >= 0.6 is 0 Å². The van der Waals surface area contributed by atoms with Crippen LogP contribution in [0.2, 0.25) is 0 Å². The fourth-order valence-electron chi connectivity index (χ4n) is 2.29. The number of carbonyl (C=O) groups excluding carboxylic acids is 1. The van der Waals surface area contributed by atoms with E-state index in [1.807, 2.05) is 30.3 Å². The summed E-state index contributed by atoms with van der Waals surface area (Å²) >= 11 is 0. The Hall–Kier alpha value is -1.51. The fraction of sp³-hybridized carbons (Fsp3) is 0.500. The summed E-state index contributed by atoms with van der Waals surface area (Å²) in [5.41, 5.74) is 0.951. The number of hydrogen-bond donors (Lipinski definition) is 1. The minimum Gasteiger partial charge on any atom is -0.445 e. The fourth-order valence-corrected chi connectivity index (χ4v) is 2.29. The van der Waals surface area contributed by atoms with E-state index in [-0.39, 0.29) is 11.6 Å². The van der Waals surface area contributed by atoms with E-state index in [2.05, 4.69) is 12.2 Å².